The molecule has 1 aliphatic heterocycles. The standard InChI is InChI=1S/C18H14BrNO3S/c1-11-4-2-3-5-12(11)10-20-17(22)16(24-18(20)23)9-13-8-14(19)6-7-15(13)21/h2-9,21H,10H2,1H3/b16-9-. The highest BCUT2D eigenvalue weighted by atomic mass is 79.9. The Hall–Kier alpha value is -2.05. The smallest absolute Gasteiger partial charge is 0.293 e. The molecule has 1 aliphatic rings. The highest BCUT2D eigenvalue weighted by Gasteiger charge is 2.35. The van der Waals surface area contributed by atoms with Gasteiger partial charge in [0.25, 0.3) is 11.1 Å². The van der Waals surface area contributed by atoms with Gasteiger partial charge in [-0.3, -0.25) is 14.5 Å². The summed E-state index contributed by atoms with van der Waals surface area (Å²) in [5.41, 5.74) is 2.46. The van der Waals surface area contributed by atoms with Crippen molar-refractivity contribution in [1.29, 1.82) is 0 Å². The molecule has 122 valence electrons. The van der Waals surface area contributed by atoms with E-state index in [0.29, 0.717) is 10.5 Å². The molecular formula is C18H14BrNO3S. The van der Waals surface area contributed by atoms with Crippen molar-refractivity contribution in [3.05, 3.63) is 68.5 Å². The van der Waals surface area contributed by atoms with E-state index in [1.165, 1.54) is 11.0 Å². The monoisotopic (exact) mass is 403 g/mol. The minimum Gasteiger partial charge on any atom is -0.507 e. The summed E-state index contributed by atoms with van der Waals surface area (Å²) < 4.78 is 0.783. The number of carbonyl (C=O) groups excluding carboxylic acids is 2. The molecule has 1 saturated heterocycles. The Morgan fingerprint density at radius 3 is 2.71 bits per heavy atom. The third-order valence-electron chi connectivity index (χ3n) is 3.74. The molecule has 1 fully saturated rings. The third-order valence-corrected chi connectivity index (χ3v) is 5.14. The van der Waals surface area contributed by atoms with Gasteiger partial charge in [0.15, 0.2) is 0 Å². The topological polar surface area (TPSA) is 57.6 Å². The number of phenols is 1. The molecule has 1 heterocycles. The van der Waals surface area contributed by atoms with E-state index in [0.717, 1.165) is 27.4 Å². The van der Waals surface area contributed by atoms with Gasteiger partial charge in [-0.25, -0.2) is 0 Å². The lowest BCUT2D eigenvalue weighted by Crippen LogP contribution is -2.27. The van der Waals surface area contributed by atoms with Crippen molar-refractivity contribution in [2.24, 2.45) is 0 Å². The second-order valence-corrected chi connectivity index (χ2v) is 7.31. The van der Waals surface area contributed by atoms with Crippen LogP contribution < -0.4 is 0 Å². The Morgan fingerprint density at radius 1 is 1.21 bits per heavy atom. The van der Waals surface area contributed by atoms with E-state index in [-0.39, 0.29) is 23.4 Å². The fourth-order valence-corrected chi connectivity index (χ4v) is 3.58. The number of thioether (sulfide) groups is 1. The van der Waals surface area contributed by atoms with Gasteiger partial charge in [0.2, 0.25) is 0 Å². The van der Waals surface area contributed by atoms with Crippen LogP contribution >= 0.6 is 27.7 Å². The van der Waals surface area contributed by atoms with E-state index in [2.05, 4.69) is 15.9 Å². The number of aromatic hydroxyl groups is 1. The summed E-state index contributed by atoms with van der Waals surface area (Å²) in [5, 5.41) is 9.60. The van der Waals surface area contributed by atoms with E-state index in [1.807, 2.05) is 31.2 Å². The lowest BCUT2D eigenvalue weighted by atomic mass is 10.1. The number of phenolic OH excluding ortho intramolecular Hbond substituents is 1. The predicted octanol–water partition coefficient (Wildman–Crippen LogP) is 4.70. The molecule has 0 aromatic heterocycles. The van der Waals surface area contributed by atoms with Crippen LogP contribution in [0.2, 0.25) is 0 Å². The first-order valence-corrected chi connectivity index (χ1v) is 8.85. The van der Waals surface area contributed by atoms with Crippen molar-refractivity contribution in [1.82, 2.24) is 4.90 Å². The highest BCUT2D eigenvalue weighted by molar-refractivity contribution is 9.10. The Kier molecular flexibility index (Phi) is 4.78. The Bertz CT molecular complexity index is 863. The van der Waals surface area contributed by atoms with Crippen molar-refractivity contribution >= 4 is 44.9 Å². The van der Waals surface area contributed by atoms with Crippen LogP contribution in [0.5, 0.6) is 5.75 Å². The zero-order valence-electron chi connectivity index (χ0n) is 12.8. The Labute approximate surface area is 152 Å². The maximum Gasteiger partial charge on any atom is 0.293 e. The molecule has 0 unspecified atom stereocenters. The van der Waals surface area contributed by atoms with Crippen LogP contribution in [-0.2, 0) is 11.3 Å². The van der Waals surface area contributed by atoms with Crippen molar-refractivity contribution in [2.45, 2.75) is 13.5 Å². The third kappa shape index (κ3) is 3.39. The minimum atomic E-state index is -0.340. The lowest BCUT2D eigenvalue weighted by Gasteiger charge is -2.14. The number of amides is 2. The molecule has 3 rings (SSSR count). The quantitative estimate of drug-likeness (QED) is 0.754. The number of halogens is 1. The molecule has 2 aromatic carbocycles. The number of carbonyl (C=O) groups is 2. The average Bonchev–Trinajstić information content (AvgIpc) is 2.80. The number of rotatable bonds is 3. The number of nitrogens with zero attached hydrogens (tertiary/aromatic N) is 1. The van der Waals surface area contributed by atoms with Gasteiger partial charge in [-0.2, -0.15) is 0 Å². The summed E-state index contributed by atoms with van der Waals surface area (Å²) in [6, 6.07) is 12.6. The molecule has 2 amide bonds. The van der Waals surface area contributed by atoms with Crippen LogP contribution in [0.1, 0.15) is 16.7 Å². The Balaban J connectivity index is 1.88. The van der Waals surface area contributed by atoms with E-state index < -0.39 is 0 Å². The van der Waals surface area contributed by atoms with Gasteiger partial charge in [-0.1, -0.05) is 40.2 Å². The van der Waals surface area contributed by atoms with Crippen LogP contribution in [-0.4, -0.2) is 21.2 Å². The number of imide groups is 1. The zero-order chi connectivity index (χ0) is 17.3. The first kappa shape index (κ1) is 16.8. The zero-order valence-corrected chi connectivity index (χ0v) is 15.2. The number of aryl methyl sites for hydroxylation is 1. The summed E-state index contributed by atoms with van der Waals surface area (Å²) in [7, 11) is 0. The van der Waals surface area contributed by atoms with Crippen LogP contribution in [0.3, 0.4) is 0 Å². The molecule has 0 radical (unpaired) electrons. The molecule has 1 N–H and O–H groups in total. The SMILES string of the molecule is Cc1ccccc1CN1C(=O)S/C(=C\c2cc(Br)ccc2O)C1=O. The fraction of sp³-hybridized carbons (Fsp3) is 0.111. The summed E-state index contributed by atoms with van der Waals surface area (Å²) >= 11 is 4.22. The lowest BCUT2D eigenvalue weighted by molar-refractivity contribution is -0.123. The first-order chi connectivity index (χ1) is 11.5. The predicted molar refractivity (Wildman–Crippen MR) is 98.5 cm³/mol. The van der Waals surface area contributed by atoms with Gasteiger partial charge in [0.05, 0.1) is 11.4 Å². The van der Waals surface area contributed by atoms with Crippen molar-refractivity contribution in [3.63, 3.8) is 0 Å². The molecule has 0 aliphatic carbocycles. The van der Waals surface area contributed by atoms with Crippen LogP contribution in [0.4, 0.5) is 4.79 Å². The Morgan fingerprint density at radius 2 is 1.96 bits per heavy atom. The average molecular weight is 404 g/mol. The summed E-state index contributed by atoms with van der Waals surface area (Å²) in [6.07, 6.45) is 1.54. The number of hydrogen-bond donors (Lipinski definition) is 1. The van der Waals surface area contributed by atoms with Gasteiger partial charge in [-0.15, -0.1) is 0 Å². The van der Waals surface area contributed by atoms with Gasteiger partial charge in [0.1, 0.15) is 5.75 Å². The highest BCUT2D eigenvalue weighted by Crippen LogP contribution is 2.35. The molecular weight excluding hydrogens is 390 g/mol. The summed E-state index contributed by atoms with van der Waals surface area (Å²) in [6.45, 7) is 2.20. The van der Waals surface area contributed by atoms with E-state index in [4.69, 9.17) is 0 Å². The molecule has 0 spiro atoms. The molecule has 2 aromatic rings. The van der Waals surface area contributed by atoms with Crippen LogP contribution in [0.15, 0.2) is 51.8 Å². The normalized spacial score (nSPS) is 16.2. The molecule has 4 nitrogen and oxygen atoms in total. The molecule has 0 bridgehead atoms. The van der Waals surface area contributed by atoms with E-state index in [9.17, 15) is 14.7 Å². The van der Waals surface area contributed by atoms with Crippen LogP contribution in [0.25, 0.3) is 6.08 Å². The summed E-state index contributed by atoms with van der Waals surface area (Å²) in [4.78, 5) is 26.3. The van der Waals surface area contributed by atoms with E-state index in [1.54, 1.807) is 18.2 Å². The van der Waals surface area contributed by atoms with Gasteiger partial charge >= 0.3 is 0 Å². The maximum absolute atomic E-state index is 12.6. The second-order valence-electron chi connectivity index (χ2n) is 5.40. The largest absolute Gasteiger partial charge is 0.507 e. The first-order valence-electron chi connectivity index (χ1n) is 7.24. The molecule has 0 atom stereocenters. The van der Waals surface area contributed by atoms with Gasteiger partial charge in [-0.05, 0) is 54.1 Å². The van der Waals surface area contributed by atoms with Crippen LogP contribution in [0, 0.1) is 6.92 Å². The van der Waals surface area contributed by atoms with Gasteiger partial charge in [0, 0.05) is 10.0 Å². The van der Waals surface area contributed by atoms with Gasteiger partial charge < -0.3 is 5.11 Å². The second kappa shape index (κ2) is 6.83. The maximum atomic E-state index is 12.6. The van der Waals surface area contributed by atoms with E-state index >= 15 is 0 Å². The number of benzene rings is 2. The molecule has 0 saturated carbocycles. The van der Waals surface area contributed by atoms with Crippen molar-refractivity contribution < 1.29 is 14.7 Å². The summed E-state index contributed by atoms with van der Waals surface area (Å²) in [5.74, 6) is -0.281. The molecule has 24 heavy (non-hydrogen) atoms. The van der Waals surface area contributed by atoms with Crippen molar-refractivity contribution in [3.8, 4) is 5.75 Å². The van der Waals surface area contributed by atoms with Crippen molar-refractivity contribution in [2.75, 3.05) is 0 Å². The minimum absolute atomic E-state index is 0.0592. The molecule has 6 heteroatoms. The number of hydrogen-bond acceptors (Lipinski definition) is 4. The fourth-order valence-electron chi connectivity index (χ4n) is 2.38.